The molecular weight excluding hydrogens is 312 g/mol. The van der Waals surface area contributed by atoms with Crippen molar-refractivity contribution in [3.63, 3.8) is 0 Å². The summed E-state index contributed by atoms with van der Waals surface area (Å²) in [6.45, 7) is 4.25. The lowest BCUT2D eigenvalue weighted by atomic mass is 9.51. The quantitative estimate of drug-likeness (QED) is 0.843. The fourth-order valence-corrected chi connectivity index (χ4v) is 7.49. The number of aliphatic hydroxyl groups is 1. The molecule has 138 valence electrons. The lowest BCUT2D eigenvalue weighted by Crippen LogP contribution is -2.48. The Morgan fingerprint density at radius 2 is 2.04 bits per heavy atom. The van der Waals surface area contributed by atoms with E-state index in [0.29, 0.717) is 35.4 Å². The van der Waals surface area contributed by atoms with Crippen molar-refractivity contribution >= 4 is 11.6 Å². The van der Waals surface area contributed by atoms with Gasteiger partial charge in [0.25, 0.3) is 0 Å². The normalized spacial score (nSPS) is 46.0. The van der Waals surface area contributed by atoms with Gasteiger partial charge in [0.05, 0.1) is 0 Å². The summed E-state index contributed by atoms with van der Waals surface area (Å²) >= 11 is 0. The Labute approximate surface area is 151 Å². The first-order valence-corrected chi connectivity index (χ1v) is 10.4. The van der Waals surface area contributed by atoms with Gasteiger partial charge in [0, 0.05) is 12.3 Å². The van der Waals surface area contributed by atoms with Gasteiger partial charge in [0.2, 0.25) is 0 Å². The smallest absolute Gasteiger partial charge is 0.162 e. The molecular formula is C22H32O3. The molecule has 0 aromatic carbocycles. The van der Waals surface area contributed by atoms with Crippen molar-refractivity contribution in [2.75, 3.05) is 6.61 Å². The van der Waals surface area contributed by atoms with Gasteiger partial charge in [-0.2, -0.15) is 0 Å². The number of fused-ring (bicyclic) bond motifs is 5. The van der Waals surface area contributed by atoms with Crippen molar-refractivity contribution in [2.45, 2.75) is 65.2 Å². The van der Waals surface area contributed by atoms with E-state index in [0.717, 1.165) is 38.5 Å². The van der Waals surface area contributed by atoms with E-state index in [1.165, 1.54) is 18.4 Å². The van der Waals surface area contributed by atoms with E-state index in [1.54, 1.807) is 0 Å². The maximum atomic E-state index is 12.6. The number of aliphatic hydroxyl groups excluding tert-OH is 1. The zero-order valence-electron chi connectivity index (χ0n) is 15.7. The second-order valence-electron chi connectivity index (χ2n) is 9.35. The molecule has 4 aliphatic rings. The molecule has 4 rings (SSSR count). The number of carbonyl (C=O) groups is 2. The summed E-state index contributed by atoms with van der Waals surface area (Å²) in [7, 11) is 0. The van der Waals surface area contributed by atoms with E-state index in [1.807, 2.05) is 6.08 Å². The Balaban J connectivity index is 1.64. The van der Waals surface area contributed by atoms with E-state index >= 15 is 0 Å². The minimum atomic E-state index is -0.296. The van der Waals surface area contributed by atoms with Gasteiger partial charge in [-0.05, 0) is 79.6 Å². The summed E-state index contributed by atoms with van der Waals surface area (Å²) in [6, 6.07) is 0. The number of rotatable bonds is 3. The van der Waals surface area contributed by atoms with Crippen LogP contribution < -0.4 is 0 Å². The number of carbonyl (C=O) groups excluding carboxylic acids is 2. The Kier molecular flexibility index (Phi) is 4.42. The van der Waals surface area contributed by atoms with Crippen LogP contribution in [0.3, 0.4) is 0 Å². The lowest BCUT2D eigenvalue weighted by molar-refractivity contribution is -0.133. The standard InChI is InChI=1S/C22H32O3/c1-3-13-11-19-18-6-4-14-10-15(24)5-7-16(14)17(18)8-9-22(19,2)21(13)20(25)12-23/h10,13,16-19,21,23H,3-9,11-12H2,1-2H3/t13?,16?,17?,18?,19?,21?,22-/m0/s1. The molecule has 4 aliphatic carbocycles. The SMILES string of the molecule is CCC1CC2C3CCC4=CC(=O)CCC4C3CC[C@]2(C)C1C(=O)CO. The van der Waals surface area contributed by atoms with Crippen molar-refractivity contribution in [2.24, 2.45) is 40.9 Å². The maximum Gasteiger partial charge on any atom is 0.162 e. The summed E-state index contributed by atoms with van der Waals surface area (Å²) < 4.78 is 0. The fourth-order valence-electron chi connectivity index (χ4n) is 7.49. The third-order valence-electron chi connectivity index (χ3n) is 8.50. The summed E-state index contributed by atoms with van der Waals surface area (Å²) in [6.07, 6.45) is 10.5. The van der Waals surface area contributed by atoms with Gasteiger partial charge in [-0.1, -0.05) is 25.8 Å². The minimum Gasteiger partial charge on any atom is -0.389 e. The Hall–Kier alpha value is -0.960. The highest BCUT2D eigenvalue weighted by Crippen LogP contribution is 2.65. The summed E-state index contributed by atoms with van der Waals surface area (Å²) in [5.41, 5.74) is 1.50. The van der Waals surface area contributed by atoms with Crippen molar-refractivity contribution in [3.8, 4) is 0 Å². The number of ketones is 2. The Morgan fingerprint density at radius 3 is 2.76 bits per heavy atom. The molecule has 0 radical (unpaired) electrons. The van der Waals surface area contributed by atoms with E-state index in [4.69, 9.17) is 0 Å². The van der Waals surface area contributed by atoms with Crippen LogP contribution in [0.25, 0.3) is 0 Å². The molecule has 0 aromatic rings. The van der Waals surface area contributed by atoms with Gasteiger partial charge in [-0.25, -0.2) is 0 Å². The molecule has 0 heterocycles. The predicted octanol–water partition coefficient (Wildman–Crippen LogP) is 3.94. The monoisotopic (exact) mass is 344 g/mol. The molecule has 3 heteroatoms. The molecule has 0 amide bonds. The van der Waals surface area contributed by atoms with Crippen molar-refractivity contribution in [1.29, 1.82) is 0 Å². The van der Waals surface area contributed by atoms with Gasteiger partial charge in [0.15, 0.2) is 11.6 Å². The minimum absolute atomic E-state index is 0.0540. The Morgan fingerprint density at radius 1 is 1.24 bits per heavy atom. The fraction of sp³-hybridized carbons (Fsp3) is 0.818. The first-order chi connectivity index (χ1) is 12.0. The van der Waals surface area contributed by atoms with Crippen LogP contribution in [0.4, 0.5) is 0 Å². The second-order valence-corrected chi connectivity index (χ2v) is 9.35. The van der Waals surface area contributed by atoms with E-state index in [-0.39, 0.29) is 23.7 Å². The molecule has 25 heavy (non-hydrogen) atoms. The molecule has 3 saturated carbocycles. The average Bonchev–Trinajstić information content (AvgIpc) is 2.93. The van der Waals surface area contributed by atoms with E-state index in [9.17, 15) is 14.7 Å². The Bertz CT molecular complexity index is 606. The van der Waals surface area contributed by atoms with E-state index in [2.05, 4.69) is 13.8 Å². The van der Waals surface area contributed by atoms with E-state index < -0.39 is 0 Å². The van der Waals surface area contributed by atoms with Gasteiger partial charge in [-0.3, -0.25) is 9.59 Å². The average molecular weight is 344 g/mol. The lowest BCUT2D eigenvalue weighted by Gasteiger charge is -2.53. The topological polar surface area (TPSA) is 54.4 Å². The molecule has 0 spiro atoms. The zero-order valence-corrected chi connectivity index (χ0v) is 15.7. The number of allylic oxidation sites excluding steroid dienone is 1. The zero-order chi connectivity index (χ0) is 17.8. The third-order valence-corrected chi connectivity index (χ3v) is 8.50. The van der Waals surface area contributed by atoms with Crippen LogP contribution >= 0.6 is 0 Å². The van der Waals surface area contributed by atoms with Gasteiger partial charge < -0.3 is 5.11 Å². The summed E-state index contributed by atoms with van der Waals surface area (Å²) in [5, 5.41) is 9.54. The molecule has 0 aromatic heterocycles. The molecule has 0 bridgehead atoms. The first kappa shape index (κ1) is 17.5. The second kappa shape index (κ2) is 6.33. The maximum absolute atomic E-state index is 12.6. The van der Waals surface area contributed by atoms with Crippen LogP contribution in [0.5, 0.6) is 0 Å². The van der Waals surface area contributed by atoms with Crippen LogP contribution in [0.1, 0.15) is 65.2 Å². The van der Waals surface area contributed by atoms with Crippen molar-refractivity contribution in [3.05, 3.63) is 11.6 Å². The van der Waals surface area contributed by atoms with Crippen LogP contribution in [0, 0.1) is 40.9 Å². The molecule has 3 nitrogen and oxygen atoms in total. The largest absolute Gasteiger partial charge is 0.389 e. The highest BCUT2D eigenvalue weighted by atomic mass is 16.3. The van der Waals surface area contributed by atoms with Crippen LogP contribution in [0.2, 0.25) is 0 Å². The van der Waals surface area contributed by atoms with Gasteiger partial charge in [-0.15, -0.1) is 0 Å². The highest BCUT2D eigenvalue weighted by Gasteiger charge is 2.60. The van der Waals surface area contributed by atoms with Crippen molar-refractivity contribution < 1.29 is 14.7 Å². The van der Waals surface area contributed by atoms with Crippen LogP contribution in [-0.4, -0.2) is 23.3 Å². The number of Topliss-reactive ketones (excluding diaryl/α,β-unsaturated/α-hetero) is 1. The first-order valence-electron chi connectivity index (χ1n) is 10.4. The van der Waals surface area contributed by atoms with Crippen molar-refractivity contribution in [1.82, 2.24) is 0 Å². The summed E-state index contributed by atoms with van der Waals surface area (Å²) in [5.74, 6) is 3.56. The third kappa shape index (κ3) is 2.57. The predicted molar refractivity (Wildman–Crippen MR) is 96.8 cm³/mol. The molecule has 1 N–H and O–H groups in total. The molecule has 0 saturated heterocycles. The van der Waals surface area contributed by atoms with Crippen LogP contribution in [0.15, 0.2) is 11.6 Å². The van der Waals surface area contributed by atoms with Crippen LogP contribution in [-0.2, 0) is 9.59 Å². The number of hydrogen-bond donors (Lipinski definition) is 1. The van der Waals surface area contributed by atoms with Gasteiger partial charge >= 0.3 is 0 Å². The van der Waals surface area contributed by atoms with Gasteiger partial charge in [0.1, 0.15) is 6.61 Å². The molecule has 3 fully saturated rings. The molecule has 6 unspecified atom stereocenters. The highest BCUT2D eigenvalue weighted by molar-refractivity contribution is 5.91. The number of hydrogen-bond acceptors (Lipinski definition) is 3. The molecule has 0 aliphatic heterocycles. The molecule has 7 atom stereocenters. The summed E-state index contributed by atoms with van der Waals surface area (Å²) in [4.78, 5) is 24.4.